The Morgan fingerprint density at radius 2 is 2.00 bits per heavy atom. The van der Waals surface area contributed by atoms with E-state index in [1.165, 1.54) is 18.0 Å². The number of aromatic nitrogens is 2. The van der Waals surface area contributed by atoms with Gasteiger partial charge in [-0.3, -0.25) is 0 Å². The maximum atomic E-state index is 14.3. The first-order valence-corrected chi connectivity index (χ1v) is 11.3. The molecule has 0 radical (unpaired) electrons. The zero-order chi connectivity index (χ0) is 22.2. The third-order valence-corrected chi connectivity index (χ3v) is 6.34. The highest BCUT2D eigenvalue weighted by atomic mass is 32.1. The number of nitrogens with one attached hydrogen (secondary N) is 1. The number of carbonyl (C=O) groups is 1. The highest BCUT2D eigenvalue weighted by Crippen LogP contribution is 2.38. The first-order valence-electron chi connectivity index (χ1n) is 10.4. The van der Waals surface area contributed by atoms with Gasteiger partial charge in [-0.15, -0.1) is 11.3 Å². The first-order chi connectivity index (χ1) is 14.7. The van der Waals surface area contributed by atoms with E-state index in [-0.39, 0.29) is 11.9 Å². The topological polar surface area (TPSA) is 67.4 Å². The summed E-state index contributed by atoms with van der Waals surface area (Å²) in [5.74, 6) is 0.611. The van der Waals surface area contributed by atoms with Crippen molar-refractivity contribution in [3.05, 3.63) is 46.9 Å². The fourth-order valence-electron chi connectivity index (χ4n) is 3.80. The number of thiophene rings is 1. The van der Waals surface area contributed by atoms with Gasteiger partial charge in [0, 0.05) is 13.1 Å². The van der Waals surface area contributed by atoms with E-state index in [0.717, 1.165) is 28.6 Å². The Labute approximate surface area is 185 Å². The number of anilines is 2. The zero-order valence-electron chi connectivity index (χ0n) is 18.2. The van der Waals surface area contributed by atoms with Gasteiger partial charge in [-0.05, 0) is 75.1 Å². The van der Waals surface area contributed by atoms with Crippen molar-refractivity contribution >= 4 is 39.2 Å². The highest BCUT2D eigenvalue weighted by molar-refractivity contribution is 7.18. The standard InChI is InChI=1S/C23H27FN4O2S/c1-14-5-6-18(17(24)11-14)27-21-20-19(25-13-26-21)16(12-31-20)15-7-9-28(10-8-15)22(29)30-23(2,3)4/h5-6,11-13,15H,7-10H2,1-4H3,(H,25,26,27). The van der Waals surface area contributed by atoms with Gasteiger partial charge in [-0.2, -0.15) is 0 Å². The number of amides is 1. The fraction of sp³-hybridized carbons (Fsp3) is 0.435. The van der Waals surface area contributed by atoms with Crippen LogP contribution >= 0.6 is 11.3 Å². The Morgan fingerprint density at radius 3 is 2.68 bits per heavy atom. The summed E-state index contributed by atoms with van der Waals surface area (Å²) in [6.45, 7) is 8.80. The summed E-state index contributed by atoms with van der Waals surface area (Å²) in [4.78, 5) is 23.0. The SMILES string of the molecule is Cc1ccc(Nc2ncnc3c(C4CCN(C(=O)OC(C)(C)C)CC4)csc23)c(F)c1. The first kappa shape index (κ1) is 21.5. The van der Waals surface area contributed by atoms with Crippen LogP contribution in [-0.4, -0.2) is 39.7 Å². The second-order valence-corrected chi connectivity index (χ2v) is 9.82. The molecule has 3 aromatic rings. The third-order valence-electron chi connectivity index (χ3n) is 5.35. The van der Waals surface area contributed by atoms with Crippen LogP contribution in [0.15, 0.2) is 29.9 Å². The van der Waals surface area contributed by atoms with E-state index in [4.69, 9.17) is 4.74 Å². The summed E-state index contributed by atoms with van der Waals surface area (Å²) in [5.41, 5.74) is 2.83. The van der Waals surface area contributed by atoms with E-state index in [1.807, 2.05) is 33.8 Å². The van der Waals surface area contributed by atoms with E-state index in [2.05, 4.69) is 20.7 Å². The van der Waals surface area contributed by atoms with Crippen molar-refractivity contribution < 1.29 is 13.9 Å². The summed E-state index contributed by atoms with van der Waals surface area (Å²) in [7, 11) is 0. The Hall–Kier alpha value is -2.74. The number of carbonyl (C=O) groups excluding carboxylic acids is 1. The number of hydrogen-bond acceptors (Lipinski definition) is 6. The Morgan fingerprint density at radius 1 is 1.26 bits per heavy atom. The number of aryl methyl sites for hydroxylation is 1. The molecule has 1 aromatic carbocycles. The molecule has 1 fully saturated rings. The maximum absolute atomic E-state index is 14.3. The molecule has 0 unspecified atom stereocenters. The molecular weight excluding hydrogens is 415 g/mol. The van der Waals surface area contributed by atoms with Crippen LogP contribution in [0.1, 0.15) is 50.7 Å². The summed E-state index contributed by atoms with van der Waals surface area (Å²) < 4.78 is 20.7. The molecule has 0 saturated carbocycles. The van der Waals surface area contributed by atoms with E-state index in [9.17, 15) is 9.18 Å². The van der Waals surface area contributed by atoms with Gasteiger partial charge in [0.15, 0.2) is 5.82 Å². The highest BCUT2D eigenvalue weighted by Gasteiger charge is 2.29. The number of rotatable bonds is 3. The molecule has 0 atom stereocenters. The number of piperidine rings is 1. The Bertz CT molecular complexity index is 1100. The van der Waals surface area contributed by atoms with Crippen LogP contribution in [0.3, 0.4) is 0 Å². The van der Waals surface area contributed by atoms with Gasteiger partial charge in [0.1, 0.15) is 17.7 Å². The molecule has 4 rings (SSSR count). The van der Waals surface area contributed by atoms with Crippen LogP contribution in [0.25, 0.3) is 10.2 Å². The zero-order valence-corrected chi connectivity index (χ0v) is 19.1. The molecule has 0 spiro atoms. The minimum atomic E-state index is -0.491. The molecule has 31 heavy (non-hydrogen) atoms. The van der Waals surface area contributed by atoms with Crippen LogP contribution in [-0.2, 0) is 4.74 Å². The molecule has 1 amide bonds. The van der Waals surface area contributed by atoms with Crippen molar-refractivity contribution in [2.75, 3.05) is 18.4 Å². The molecule has 6 nitrogen and oxygen atoms in total. The normalized spacial score (nSPS) is 15.3. The molecule has 0 aliphatic carbocycles. The predicted octanol–water partition coefficient (Wildman–Crippen LogP) is 6.00. The number of hydrogen-bond donors (Lipinski definition) is 1. The second-order valence-electron chi connectivity index (χ2n) is 8.94. The molecule has 1 N–H and O–H groups in total. The van der Waals surface area contributed by atoms with E-state index >= 15 is 0 Å². The van der Waals surface area contributed by atoms with Crippen LogP contribution in [0.4, 0.5) is 20.7 Å². The van der Waals surface area contributed by atoms with Crippen molar-refractivity contribution in [2.45, 2.75) is 52.1 Å². The summed E-state index contributed by atoms with van der Waals surface area (Å²) >= 11 is 1.56. The second kappa shape index (κ2) is 8.42. The lowest BCUT2D eigenvalue weighted by Gasteiger charge is -2.33. The minimum Gasteiger partial charge on any atom is -0.444 e. The molecule has 1 aliphatic heterocycles. The molecule has 8 heteroatoms. The molecule has 164 valence electrons. The lowest BCUT2D eigenvalue weighted by molar-refractivity contribution is 0.0205. The number of nitrogens with zero attached hydrogens (tertiary/aromatic N) is 3. The molecular formula is C23H27FN4O2S. The van der Waals surface area contributed by atoms with Gasteiger partial charge in [0.25, 0.3) is 0 Å². The van der Waals surface area contributed by atoms with Gasteiger partial charge in [-0.25, -0.2) is 19.2 Å². The van der Waals surface area contributed by atoms with Gasteiger partial charge in [-0.1, -0.05) is 6.07 Å². The number of benzene rings is 1. The average molecular weight is 443 g/mol. The van der Waals surface area contributed by atoms with Crippen LogP contribution in [0.2, 0.25) is 0 Å². The lowest BCUT2D eigenvalue weighted by Crippen LogP contribution is -2.41. The van der Waals surface area contributed by atoms with Crippen LogP contribution < -0.4 is 5.32 Å². The minimum absolute atomic E-state index is 0.255. The molecule has 0 bridgehead atoms. The van der Waals surface area contributed by atoms with Gasteiger partial charge in [0.05, 0.1) is 15.9 Å². The third kappa shape index (κ3) is 4.79. The summed E-state index contributed by atoms with van der Waals surface area (Å²) in [5, 5.41) is 5.23. The quantitative estimate of drug-likeness (QED) is 0.539. The van der Waals surface area contributed by atoms with Crippen LogP contribution in [0, 0.1) is 12.7 Å². The van der Waals surface area contributed by atoms with E-state index in [1.54, 1.807) is 22.3 Å². The average Bonchev–Trinajstić information content (AvgIpc) is 3.14. The van der Waals surface area contributed by atoms with Gasteiger partial charge >= 0.3 is 6.09 Å². The predicted molar refractivity (Wildman–Crippen MR) is 122 cm³/mol. The summed E-state index contributed by atoms with van der Waals surface area (Å²) in [6, 6.07) is 5.08. The monoisotopic (exact) mass is 442 g/mol. The van der Waals surface area contributed by atoms with Crippen LogP contribution in [0.5, 0.6) is 0 Å². The number of likely N-dealkylation sites (tertiary alicyclic amines) is 1. The molecule has 3 heterocycles. The molecule has 2 aromatic heterocycles. The number of fused-ring (bicyclic) bond motifs is 1. The Balaban J connectivity index is 1.50. The fourth-order valence-corrected chi connectivity index (χ4v) is 4.84. The Kier molecular flexibility index (Phi) is 5.83. The number of halogens is 1. The molecule has 1 saturated heterocycles. The van der Waals surface area contributed by atoms with E-state index in [0.29, 0.717) is 30.5 Å². The van der Waals surface area contributed by atoms with Crippen molar-refractivity contribution in [3.8, 4) is 0 Å². The van der Waals surface area contributed by atoms with Gasteiger partial charge < -0.3 is 15.0 Å². The van der Waals surface area contributed by atoms with Crippen molar-refractivity contribution in [1.29, 1.82) is 0 Å². The van der Waals surface area contributed by atoms with Crippen molar-refractivity contribution in [1.82, 2.24) is 14.9 Å². The van der Waals surface area contributed by atoms with Crippen molar-refractivity contribution in [2.24, 2.45) is 0 Å². The maximum Gasteiger partial charge on any atom is 0.410 e. The molecule has 1 aliphatic rings. The lowest BCUT2D eigenvalue weighted by atomic mass is 9.90. The smallest absolute Gasteiger partial charge is 0.410 e. The summed E-state index contributed by atoms with van der Waals surface area (Å²) in [6.07, 6.45) is 2.97. The van der Waals surface area contributed by atoms with E-state index < -0.39 is 5.60 Å². The van der Waals surface area contributed by atoms with Crippen molar-refractivity contribution in [3.63, 3.8) is 0 Å². The largest absolute Gasteiger partial charge is 0.444 e. The number of ether oxygens (including phenoxy) is 1. The van der Waals surface area contributed by atoms with Gasteiger partial charge in [0.2, 0.25) is 0 Å².